The molecule has 6 heteroatoms. The van der Waals surface area contributed by atoms with Crippen molar-refractivity contribution in [3.8, 4) is 0 Å². The molecule has 0 bridgehead atoms. The maximum absolute atomic E-state index is 5.57. The minimum atomic E-state index is 0.493. The average Bonchev–Trinajstić information content (AvgIpc) is 3.17. The van der Waals surface area contributed by atoms with Crippen LogP contribution in [0.4, 0.5) is 6.01 Å². The molecular formula is C15H17N5O. The Balaban J connectivity index is 1.41. The smallest absolute Gasteiger partial charge is 0.315 e. The van der Waals surface area contributed by atoms with Crippen molar-refractivity contribution in [2.45, 2.75) is 25.2 Å². The molecule has 1 aliphatic rings. The van der Waals surface area contributed by atoms with Crippen molar-refractivity contribution in [2.75, 3.05) is 11.9 Å². The molecule has 4 rings (SSSR count). The number of imidazole rings is 1. The van der Waals surface area contributed by atoms with Crippen molar-refractivity contribution in [3.05, 3.63) is 36.0 Å². The van der Waals surface area contributed by atoms with Gasteiger partial charge in [0.1, 0.15) is 5.82 Å². The second-order valence-corrected chi connectivity index (χ2v) is 5.47. The zero-order valence-electron chi connectivity index (χ0n) is 11.9. The summed E-state index contributed by atoms with van der Waals surface area (Å²) in [5, 5.41) is 11.2. The molecule has 2 heterocycles. The highest BCUT2D eigenvalue weighted by Crippen LogP contribution is 2.39. The number of fused-ring (bicyclic) bond motifs is 1. The van der Waals surface area contributed by atoms with Gasteiger partial charge >= 0.3 is 6.01 Å². The SMILES string of the molecule is Cn1c(CCNc2nnc(C3CC3)o2)nc2ccccc21. The van der Waals surface area contributed by atoms with Gasteiger partial charge < -0.3 is 14.3 Å². The first-order chi connectivity index (χ1) is 10.3. The Hall–Kier alpha value is -2.37. The van der Waals surface area contributed by atoms with E-state index in [1.165, 1.54) is 12.8 Å². The van der Waals surface area contributed by atoms with Gasteiger partial charge in [-0.3, -0.25) is 0 Å². The molecule has 1 N–H and O–H groups in total. The molecule has 1 fully saturated rings. The normalized spacial score (nSPS) is 14.7. The topological polar surface area (TPSA) is 68.8 Å². The van der Waals surface area contributed by atoms with Crippen molar-refractivity contribution < 1.29 is 4.42 Å². The van der Waals surface area contributed by atoms with E-state index in [0.29, 0.717) is 11.9 Å². The van der Waals surface area contributed by atoms with Crippen molar-refractivity contribution >= 4 is 17.0 Å². The zero-order chi connectivity index (χ0) is 14.2. The molecule has 0 saturated heterocycles. The summed E-state index contributed by atoms with van der Waals surface area (Å²) in [4.78, 5) is 4.64. The summed E-state index contributed by atoms with van der Waals surface area (Å²) in [7, 11) is 2.04. The Kier molecular flexibility index (Phi) is 2.87. The first kappa shape index (κ1) is 12.4. The first-order valence-corrected chi connectivity index (χ1v) is 7.29. The number of aromatic nitrogens is 4. The number of nitrogens with zero attached hydrogens (tertiary/aromatic N) is 4. The van der Waals surface area contributed by atoms with Gasteiger partial charge in [-0.15, -0.1) is 5.10 Å². The lowest BCUT2D eigenvalue weighted by atomic mass is 10.3. The lowest BCUT2D eigenvalue weighted by Crippen LogP contribution is -2.08. The minimum Gasteiger partial charge on any atom is -0.408 e. The number of benzene rings is 1. The quantitative estimate of drug-likeness (QED) is 0.779. The van der Waals surface area contributed by atoms with Gasteiger partial charge in [0.05, 0.1) is 11.0 Å². The Morgan fingerprint density at radius 1 is 1.29 bits per heavy atom. The van der Waals surface area contributed by atoms with Crippen molar-refractivity contribution in [3.63, 3.8) is 0 Å². The molecule has 0 radical (unpaired) electrons. The third-order valence-electron chi connectivity index (χ3n) is 3.87. The summed E-state index contributed by atoms with van der Waals surface area (Å²) in [6.07, 6.45) is 3.15. The summed E-state index contributed by atoms with van der Waals surface area (Å²) in [5.41, 5.74) is 2.19. The molecule has 0 amide bonds. The highest BCUT2D eigenvalue weighted by Gasteiger charge is 2.29. The van der Waals surface area contributed by atoms with Gasteiger partial charge in [0.2, 0.25) is 5.89 Å². The Labute approximate surface area is 122 Å². The Bertz CT molecular complexity index is 771. The van der Waals surface area contributed by atoms with Crippen LogP contribution in [-0.2, 0) is 13.5 Å². The molecule has 2 aromatic heterocycles. The van der Waals surface area contributed by atoms with Crippen LogP contribution in [0.15, 0.2) is 28.7 Å². The molecule has 0 unspecified atom stereocenters. The second kappa shape index (κ2) is 4.87. The number of aryl methyl sites for hydroxylation is 1. The van der Waals surface area contributed by atoms with Crippen LogP contribution >= 0.6 is 0 Å². The van der Waals surface area contributed by atoms with Crippen LogP contribution in [-0.4, -0.2) is 26.3 Å². The van der Waals surface area contributed by atoms with Gasteiger partial charge in [0.25, 0.3) is 0 Å². The van der Waals surface area contributed by atoms with Crippen LogP contribution < -0.4 is 5.32 Å². The fourth-order valence-corrected chi connectivity index (χ4v) is 2.50. The summed E-state index contributed by atoms with van der Waals surface area (Å²) in [6, 6.07) is 8.67. The van der Waals surface area contributed by atoms with Gasteiger partial charge in [-0.25, -0.2) is 4.98 Å². The van der Waals surface area contributed by atoms with Crippen LogP contribution in [0.1, 0.15) is 30.5 Å². The third-order valence-corrected chi connectivity index (χ3v) is 3.87. The molecule has 1 aliphatic carbocycles. The Morgan fingerprint density at radius 3 is 2.95 bits per heavy atom. The van der Waals surface area contributed by atoms with E-state index in [2.05, 4.69) is 31.1 Å². The lowest BCUT2D eigenvalue weighted by molar-refractivity contribution is 0.507. The van der Waals surface area contributed by atoms with E-state index in [9.17, 15) is 0 Å². The van der Waals surface area contributed by atoms with Crippen LogP contribution in [0, 0.1) is 0 Å². The van der Waals surface area contributed by atoms with E-state index in [1.54, 1.807) is 0 Å². The summed E-state index contributed by atoms with van der Waals surface area (Å²) < 4.78 is 7.70. The molecule has 1 aromatic carbocycles. The molecular weight excluding hydrogens is 266 g/mol. The highest BCUT2D eigenvalue weighted by atomic mass is 16.4. The number of hydrogen-bond acceptors (Lipinski definition) is 5. The highest BCUT2D eigenvalue weighted by molar-refractivity contribution is 5.75. The van der Waals surface area contributed by atoms with E-state index < -0.39 is 0 Å². The van der Waals surface area contributed by atoms with Gasteiger partial charge in [-0.2, -0.15) is 0 Å². The fraction of sp³-hybridized carbons (Fsp3) is 0.400. The molecule has 108 valence electrons. The summed E-state index contributed by atoms with van der Waals surface area (Å²) in [6.45, 7) is 0.726. The maximum atomic E-state index is 5.57. The minimum absolute atomic E-state index is 0.493. The molecule has 0 aliphatic heterocycles. The van der Waals surface area contributed by atoms with Crippen molar-refractivity contribution in [1.82, 2.24) is 19.7 Å². The van der Waals surface area contributed by atoms with E-state index in [-0.39, 0.29) is 0 Å². The first-order valence-electron chi connectivity index (χ1n) is 7.29. The lowest BCUT2D eigenvalue weighted by Gasteiger charge is -2.02. The molecule has 0 atom stereocenters. The van der Waals surface area contributed by atoms with Gasteiger partial charge in [-0.05, 0) is 25.0 Å². The van der Waals surface area contributed by atoms with Gasteiger partial charge in [-0.1, -0.05) is 17.2 Å². The van der Waals surface area contributed by atoms with E-state index in [4.69, 9.17) is 4.42 Å². The van der Waals surface area contributed by atoms with Crippen LogP contribution in [0.2, 0.25) is 0 Å². The Morgan fingerprint density at radius 2 is 2.14 bits per heavy atom. The predicted molar refractivity (Wildman–Crippen MR) is 79.2 cm³/mol. The number of nitrogens with one attached hydrogen (secondary N) is 1. The monoisotopic (exact) mass is 283 g/mol. The van der Waals surface area contributed by atoms with Crippen LogP contribution in [0.5, 0.6) is 0 Å². The van der Waals surface area contributed by atoms with Gasteiger partial charge in [0.15, 0.2) is 0 Å². The molecule has 6 nitrogen and oxygen atoms in total. The van der Waals surface area contributed by atoms with Crippen LogP contribution in [0.3, 0.4) is 0 Å². The van der Waals surface area contributed by atoms with E-state index in [0.717, 1.165) is 35.7 Å². The maximum Gasteiger partial charge on any atom is 0.315 e. The number of hydrogen-bond donors (Lipinski definition) is 1. The molecule has 21 heavy (non-hydrogen) atoms. The standard InChI is InChI=1S/C15H17N5O/c1-20-12-5-3-2-4-11(12)17-13(20)8-9-16-15-19-18-14(21-15)10-6-7-10/h2-5,10H,6-9H2,1H3,(H,16,19). The fourth-order valence-electron chi connectivity index (χ4n) is 2.50. The van der Waals surface area contributed by atoms with E-state index in [1.807, 2.05) is 25.2 Å². The predicted octanol–water partition coefficient (Wildman–Crippen LogP) is 2.49. The van der Waals surface area contributed by atoms with Gasteiger partial charge in [0, 0.05) is 25.9 Å². The summed E-state index contributed by atoms with van der Waals surface area (Å²) >= 11 is 0. The molecule has 0 spiro atoms. The third kappa shape index (κ3) is 2.37. The largest absolute Gasteiger partial charge is 0.408 e. The second-order valence-electron chi connectivity index (χ2n) is 5.47. The molecule has 1 saturated carbocycles. The average molecular weight is 283 g/mol. The summed E-state index contributed by atoms with van der Waals surface area (Å²) in [5.74, 6) is 2.30. The number of rotatable bonds is 5. The van der Waals surface area contributed by atoms with Crippen molar-refractivity contribution in [1.29, 1.82) is 0 Å². The number of para-hydroxylation sites is 2. The number of anilines is 1. The van der Waals surface area contributed by atoms with Crippen LogP contribution in [0.25, 0.3) is 11.0 Å². The van der Waals surface area contributed by atoms with E-state index >= 15 is 0 Å². The zero-order valence-corrected chi connectivity index (χ0v) is 11.9. The molecule has 3 aromatic rings. The van der Waals surface area contributed by atoms with Crippen molar-refractivity contribution in [2.24, 2.45) is 7.05 Å².